The molecule has 0 saturated heterocycles. The van der Waals surface area contributed by atoms with Gasteiger partial charge in [-0.1, -0.05) is 48.0 Å². The van der Waals surface area contributed by atoms with E-state index >= 15 is 0 Å². The van der Waals surface area contributed by atoms with Gasteiger partial charge >= 0.3 is 0 Å². The van der Waals surface area contributed by atoms with Crippen molar-refractivity contribution >= 4 is 45.8 Å². The molecule has 1 amide bonds. The van der Waals surface area contributed by atoms with Crippen molar-refractivity contribution in [2.75, 3.05) is 12.4 Å². The summed E-state index contributed by atoms with van der Waals surface area (Å²) >= 11 is 8.28. The first-order valence-corrected chi connectivity index (χ1v) is 10.1. The molecule has 3 aromatic carbocycles. The summed E-state index contributed by atoms with van der Waals surface area (Å²) in [6.07, 6.45) is 0. The molecule has 6 heteroatoms. The topological polar surface area (TPSA) is 47.6 Å². The first-order chi connectivity index (χ1) is 13.5. The summed E-state index contributed by atoms with van der Waals surface area (Å²) in [5, 5.41) is 3.47. The number of aryl methyl sites for hydroxylation is 1. The molecule has 0 aliphatic carbocycles. The maximum atomic E-state index is 12.7. The van der Waals surface area contributed by atoms with Gasteiger partial charge in [-0.2, -0.15) is 0 Å². The molecule has 144 valence electrons. The lowest BCUT2D eigenvalue weighted by molar-refractivity contribution is 0.102. The van der Waals surface area contributed by atoms with Gasteiger partial charge in [0, 0.05) is 16.3 Å². The molecule has 0 spiro atoms. The molecule has 0 fully saturated rings. The summed E-state index contributed by atoms with van der Waals surface area (Å²) in [5.41, 5.74) is 3.10. The van der Waals surface area contributed by atoms with E-state index < -0.39 is 0 Å². The fraction of sp³-hybridized carbons (Fsp3) is 0.136. The molecule has 1 N–H and O–H groups in total. The first-order valence-electron chi connectivity index (χ1n) is 8.59. The third-order valence-electron chi connectivity index (χ3n) is 4.14. The van der Waals surface area contributed by atoms with E-state index in [0.717, 1.165) is 14.7 Å². The molecule has 0 aliphatic heterocycles. The molecule has 0 unspecified atom stereocenters. The molecule has 0 aromatic heterocycles. The largest absolute Gasteiger partial charge is 0.492 e. The van der Waals surface area contributed by atoms with E-state index in [0.29, 0.717) is 34.4 Å². The molecule has 0 bridgehead atoms. The summed E-state index contributed by atoms with van der Waals surface area (Å²) in [6, 6.07) is 18.7. The van der Waals surface area contributed by atoms with E-state index in [9.17, 15) is 4.79 Å². The third kappa shape index (κ3) is 4.97. The van der Waals surface area contributed by atoms with E-state index in [1.165, 1.54) is 0 Å². The zero-order valence-electron chi connectivity index (χ0n) is 15.5. The number of carbonyl (C=O) groups is 1. The summed E-state index contributed by atoms with van der Waals surface area (Å²) in [6.45, 7) is 2.29. The van der Waals surface area contributed by atoms with Gasteiger partial charge in [-0.3, -0.25) is 4.79 Å². The molecular weight excluding hydrogens is 489 g/mol. The van der Waals surface area contributed by atoms with Crippen LogP contribution in [0.2, 0.25) is 5.02 Å². The molecule has 3 aromatic rings. The first kappa shape index (κ1) is 20.5. The Hall–Kier alpha value is -2.25. The summed E-state index contributed by atoms with van der Waals surface area (Å²) in [4.78, 5) is 12.7. The van der Waals surface area contributed by atoms with Crippen LogP contribution in [-0.2, 0) is 6.61 Å². The highest BCUT2D eigenvalue weighted by Crippen LogP contribution is 2.34. The Labute approximate surface area is 183 Å². The zero-order valence-corrected chi connectivity index (χ0v) is 18.4. The predicted octanol–water partition coefficient (Wildman–Crippen LogP) is 6.09. The molecule has 3 rings (SSSR count). The van der Waals surface area contributed by atoms with E-state index in [4.69, 9.17) is 21.1 Å². The lowest BCUT2D eigenvalue weighted by atomic mass is 10.1. The average molecular weight is 508 g/mol. The lowest BCUT2D eigenvalue weighted by Gasteiger charge is -2.14. The number of carbonyl (C=O) groups excluding carboxylic acids is 1. The average Bonchev–Trinajstić information content (AvgIpc) is 2.69. The fourth-order valence-corrected chi connectivity index (χ4v) is 3.62. The van der Waals surface area contributed by atoms with Crippen LogP contribution in [0.3, 0.4) is 0 Å². The van der Waals surface area contributed by atoms with Crippen LogP contribution < -0.4 is 14.8 Å². The molecule has 0 heterocycles. The Balaban J connectivity index is 1.83. The maximum Gasteiger partial charge on any atom is 0.255 e. The van der Waals surface area contributed by atoms with Crippen molar-refractivity contribution in [2.24, 2.45) is 0 Å². The number of hydrogen-bond donors (Lipinski definition) is 1. The quantitative estimate of drug-likeness (QED) is 0.411. The van der Waals surface area contributed by atoms with E-state index in [1.807, 2.05) is 49.4 Å². The fourth-order valence-electron chi connectivity index (χ4n) is 2.61. The van der Waals surface area contributed by atoms with Crippen LogP contribution in [0.25, 0.3) is 0 Å². The SMILES string of the molecule is COc1c(I)cc(C(=O)Nc2ccc(C)c(Cl)c2)cc1OCc1ccccc1. The van der Waals surface area contributed by atoms with Crippen LogP contribution in [0, 0.1) is 10.5 Å². The van der Waals surface area contributed by atoms with Gasteiger partial charge in [0.25, 0.3) is 5.91 Å². The highest BCUT2D eigenvalue weighted by Gasteiger charge is 2.16. The molecule has 0 radical (unpaired) electrons. The number of ether oxygens (including phenoxy) is 2. The van der Waals surface area contributed by atoms with Crippen molar-refractivity contribution in [2.45, 2.75) is 13.5 Å². The zero-order chi connectivity index (χ0) is 20.1. The van der Waals surface area contributed by atoms with Crippen LogP contribution in [0.1, 0.15) is 21.5 Å². The summed E-state index contributed by atoms with van der Waals surface area (Å²) in [5.74, 6) is 0.877. The summed E-state index contributed by atoms with van der Waals surface area (Å²) in [7, 11) is 1.58. The molecule has 0 atom stereocenters. The standard InChI is InChI=1S/C22H19ClINO3/c1-14-8-9-17(12-18(14)23)25-22(26)16-10-19(24)21(27-2)20(11-16)28-13-15-6-4-3-5-7-15/h3-12H,13H2,1-2H3,(H,25,26). The van der Waals surface area contributed by atoms with Crippen molar-refractivity contribution in [3.8, 4) is 11.5 Å². The third-order valence-corrected chi connectivity index (χ3v) is 5.35. The van der Waals surface area contributed by atoms with Crippen molar-refractivity contribution in [1.29, 1.82) is 0 Å². The van der Waals surface area contributed by atoms with Gasteiger partial charge in [-0.25, -0.2) is 0 Å². The van der Waals surface area contributed by atoms with Gasteiger partial charge in [-0.05, 0) is 64.9 Å². The normalized spacial score (nSPS) is 10.4. The minimum absolute atomic E-state index is 0.245. The number of amides is 1. The number of benzene rings is 3. The van der Waals surface area contributed by atoms with Crippen LogP contribution in [0.5, 0.6) is 11.5 Å². The van der Waals surface area contributed by atoms with Crippen molar-refractivity contribution in [3.63, 3.8) is 0 Å². The van der Waals surface area contributed by atoms with Crippen LogP contribution in [0.15, 0.2) is 60.7 Å². The predicted molar refractivity (Wildman–Crippen MR) is 121 cm³/mol. The second-order valence-electron chi connectivity index (χ2n) is 6.18. The Morgan fingerprint density at radius 3 is 2.54 bits per heavy atom. The lowest BCUT2D eigenvalue weighted by Crippen LogP contribution is -2.13. The van der Waals surface area contributed by atoms with Crippen molar-refractivity contribution < 1.29 is 14.3 Å². The second-order valence-corrected chi connectivity index (χ2v) is 7.75. The van der Waals surface area contributed by atoms with Crippen LogP contribution in [-0.4, -0.2) is 13.0 Å². The smallest absolute Gasteiger partial charge is 0.255 e. The minimum Gasteiger partial charge on any atom is -0.492 e. The Morgan fingerprint density at radius 1 is 1.11 bits per heavy atom. The highest BCUT2D eigenvalue weighted by molar-refractivity contribution is 14.1. The van der Waals surface area contributed by atoms with Gasteiger partial charge in [0.05, 0.1) is 10.7 Å². The van der Waals surface area contributed by atoms with Crippen LogP contribution in [0.4, 0.5) is 5.69 Å². The molecule has 28 heavy (non-hydrogen) atoms. The summed E-state index contributed by atoms with van der Waals surface area (Å²) < 4.78 is 12.2. The number of hydrogen-bond acceptors (Lipinski definition) is 3. The van der Waals surface area contributed by atoms with E-state index in [2.05, 4.69) is 27.9 Å². The number of halogens is 2. The monoisotopic (exact) mass is 507 g/mol. The Kier molecular flexibility index (Phi) is 6.80. The molecule has 0 saturated carbocycles. The van der Waals surface area contributed by atoms with Crippen LogP contribution >= 0.6 is 34.2 Å². The van der Waals surface area contributed by atoms with E-state index in [-0.39, 0.29) is 5.91 Å². The highest BCUT2D eigenvalue weighted by atomic mass is 127. The van der Waals surface area contributed by atoms with Gasteiger partial charge < -0.3 is 14.8 Å². The molecule has 0 aliphatic rings. The number of rotatable bonds is 6. The minimum atomic E-state index is -0.245. The van der Waals surface area contributed by atoms with Gasteiger partial charge in [0.15, 0.2) is 11.5 Å². The van der Waals surface area contributed by atoms with Crippen molar-refractivity contribution in [1.82, 2.24) is 0 Å². The molecule has 4 nitrogen and oxygen atoms in total. The number of nitrogens with one attached hydrogen (secondary N) is 1. The van der Waals surface area contributed by atoms with Gasteiger partial charge in [-0.15, -0.1) is 0 Å². The number of anilines is 1. The maximum absolute atomic E-state index is 12.7. The van der Waals surface area contributed by atoms with Crippen molar-refractivity contribution in [3.05, 3.63) is 85.9 Å². The van der Waals surface area contributed by atoms with E-state index in [1.54, 1.807) is 25.3 Å². The second kappa shape index (κ2) is 9.30. The van der Waals surface area contributed by atoms with Gasteiger partial charge in [0.1, 0.15) is 6.61 Å². The van der Waals surface area contributed by atoms with Gasteiger partial charge in [0.2, 0.25) is 0 Å². The Morgan fingerprint density at radius 2 is 1.86 bits per heavy atom. The Bertz CT molecular complexity index is 993. The number of methoxy groups -OCH3 is 1. The molecular formula is C22H19ClINO3.